The van der Waals surface area contributed by atoms with Gasteiger partial charge in [0.15, 0.2) is 0 Å². The third-order valence-electron chi connectivity index (χ3n) is 2.74. The minimum Gasteiger partial charge on any atom is -0.391 e. The van der Waals surface area contributed by atoms with E-state index in [1.54, 1.807) is 10.4 Å². The molecule has 1 aromatic heterocycles. The number of thiophene rings is 1. The van der Waals surface area contributed by atoms with Gasteiger partial charge in [-0.1, -0.05) is 6.42 Å². The third-order valence-corrected chi connectivity index (χ3v) is 5.24. The van der Waals surface area contributed by atoms with Crippen molar-refractivity contribution in [3.63, 3.8) is 0 Å². The quantitative estimate of drug-likeness (QED) is 0.858. The summed E-state index contributed by atoms with van der Waals surface area (Å²) in [5.41, 5.74) is 0. The summed E-state index contributed by atoms with van der Waals surface area (Å²) in [6, 6.07) is 1.53. The molecule has 0 bridgehead atoms. The lowest BCUT2D eigenvalue weighted by molar-refractivity contribution is 0.199. The first kappa shape index (κ1) is 13.0. The molecule has 17 heavy (non-hydrogen) atoms. The summed E-state index contributed by atoms with van der Waals surface area (Å²) < 4.78 is 24.2. The van der Waals surface area contributed by atoms with Crippen LogP contribution in [0.4, 0.5) is 0 Å². The molecule has 1 aliphatic rings. The summed E-state index contributed by atoms with van der Waals surface area (Å²) in [6.45, 7) is 1.25. The van der Waals surface area contributed by atoms with E-state index in [0.29, 0.717) is 4.88 Å². The van der Waals surface area contributed by atoms with Gasteiger partial charge in [0.25, 0.3) is 10.0 Å². The Kier molecular flexibility index (Phi) is 4.16. The Labute approximate surface area is 105 Å². The zero-order chi connectivity index (χ0) is 12.3. The number of piperidine rings is 1. The number of sulfonamides is 1. The van der Waals surface area contributed by atoms with Gasteiger partial charge in [0.1, 0.15) is 0 Å². The van der Waals surface area contributed by atoms with Crippen LogP contribution in [0.3, 0.4) is 0 Å². The molecule has 7 heteroatoms. The average Bonchev–Trinajstić information content (AvgIpc) is 2.78. The van der Waals surface area contributed by atoms with Crippen LogP contribution in [0.15, 0.2) is 16.3 Å². The number of hydrazine groups is 1. The maximum absolute atomic E-state index is 12.1. The van der Waals surface area contributed by atoms with Gasteiger partial charge in [-0.25, -0.2) is 13.4 Å². The Hall–Kier alpha value is -0.470. The molecule has 2 heterocycles. The van der Waals surface area contributed by atoms with Gasteiger partial charge in [-0.3, -0.25) is 0 Å². The SMILES string of the molecule is O=S(=O)(NN1CCCCC1)c1ccsc1CO. The van der Waals surface area contributed by atoms with E-state index < -0.39 is 10.0 Å². The number of hydrogen-bond donors (Lipinski definition) is 2. The summed E-state index contributed by atoms with van der Waals surface area (Å²) in [6.07, 6.45) is 3.18. The van der Waals surface area contributed by atoms with Crippen LogP contribution >= 0.6 is 11.3 Å². The summed E-state index contributed by atoms with van der Waals surface area (Å²) in [5.74, 6) is 0. The molecule has 0 amide bonds. The molecular weight excluding hydrogens is 260 g/mol. The normalized spacial score (nSPS) is 18.4. The minimum atomic E-state index is -3.53. The number of nitrogens with zero attached hydrogens (tertiary/aromatic N) is 1. The van der Waals surface area contributed by atoms with Crippen LogP contribution in [0.1, 0.15) is 24.1 Å². The summed E-state index contributed by atoms with van der Waals surface area (Å²) >= 11 is 1.25. The second-order valence-corrected chi connectivity index (χ2v) is 6.64. The topological polar surface area (TPSA) is 69.6 Å². The first-order chi connectivity index (χ1) is 8.13. The fourth-order valence-corrected chi connectivity index (χ4v) is 4.31. The molecule has 5 nitrogen and oxygen atoms in total. The Morgan fingerprint density at radius 3 is 2.71 bits per heavy atom. The van der Waals surface area contributed by atoms with Crippen molar-refractivity contribution in [2.24, 2.45) is 0 Å². The van der Waals surface area contributed by atoms with Crippen molar-refractivity contribution in [1.29, 1.82) is 0 Å². The molecule has 0 saturated carbocycles. The summed E-state index contributed by atoms with van der Waals surface area (Å²) in [7, 11) is -3.53. The molecule has 0 aromatic carbocycles. The van der Waals surface area contributed by atoms with Gasteiger partial charge in [-0.15, -0.1) is 16.2 Å². The predicted molar refractivity (Wildman–Crippen MR) is 66.0 cm³/mol. The highest BCUT2D eigenvalue weighted by molar-refractivity contribution is 7.89. The highest BCUT2D eigenvalue weighted by Crippen LogP contribution is 2.22. The number of nitrogens with one attached hydrogen (secondary N) is 1. The first-order valence-corrected chi connectivity index (χ1v) is 7.94. The molecule has 1 aromatic rings. The van der Waals surface area contributed by atoms with Crippen molar-refractivity contribution in [3.05, 3.63) is 16.3 Å². The monoisotopic (exact) mass is 276 g/mol. The first-order valence-electron chi connectivity index (χ1n) is 5.58. The molecule has 0 atom stereocenters. The van der Waals surface area contributed by atoms with Gasteiger partial charge >= 0.3 is 0 Å². The van der Waals surface area contributed by atoms with E-state index in [0.717, 1.165) is 32.4 Å². The largest absolute Gasteiger partial charge is 0.391 e. The van der Waals surface area contributed by atoms with Crippen LogP contribution in [0.5, 0.6) is 0 Å². The van der Waals surface area contributed by atoms with E-state index >= 15 is 0 Å². The Bertz CT molecular complexity index is 464. The molecule has 2 N–H and O–H groups in total. The second kappa shape index (κ2) is 5.45. The lowest BCUT2D eigenvalue weighted by Crippen LogP contribution is -2.44. The van der Waals surface area contributed by atoms with Crippen molar-refractivity contribution >= 4 is 21.4 Å². The summed E-state index contributed by atoms with van der Waals surface area (Å²) in [4.78, 5) is 3.24. The van der Waals surface area contributed by atoms with Crippen molar-refractivity contribution in [3.8, 4) is 0 Å². The van der Waals surface area contributed by atoms with E-state index in [2.05, 4.69) is 4.83 Å². The van der Waals surface area contributed by atoms with E-state index in [1.807, 2.05) is 0 Å². The maximum Gasteiger partial charge on any atom is 0.254 e. The van der Waals surface area contributed by atoms with Crippen molar-refractivity contribution < 1.29 is 13.5 Å². The van der Waals surface area contributed by atoms with E-state index in [4.69, 9.17) is 5.11 Å². The van der Waals surface area contributed by atoms with Gasteiger partial charge < -0.3 is 5.11 Å². The van der Waals surface area contributed by atoms with Crippen LogP contribution < -0.4 is 4.83 Å². The van der Waals surface area contributed by atoms with Crippen LogP contribution in [0.25, 0.3) is 0 Å². The van der Waals surface area contributed by atoms with Crippen LogP contribution in [0.2, 0.25) is 0 Å². The third kappa shape index (κ3) is 3.05. The lowest BCUT2D eigenvalue weighted by Gasteiger charge is -2.26. The second-order valence-electron chi connectivity index (χ2n) is 4.01. The van der Waals surface area contributed by atoms with Crippen molar-refractivity contribution in [2.75, 3.05) is 13.1 Å². The molecule has 1 aliphatic heterocycles. The Morgan fingerprint density at radius 2 is 2.06 bits per heavy atom. The maximum atomic E-state index is 12.1. The zero-order valence-electron chi connectivity index (χ0n) is 9.42. The van der Waals surface area contributed by atoms with Gasteiger partial charge in [-0.05, 0) is 24.3 Å². The van der Waals surface area contributed by atoms with Crippen LogP contribution in [0, 0.1) is 0 Å². The van der Waals surface area contributed by atoms with Crippen molar-refractivity contribution in [1.82, 2.24) is 9.84 Å². The minimum absolute atomic E-state index is 0.190. The molecule has 0 aliphatic carbocycles. The molecule has 2 rings (SSSR count). The number of hydrogen-bond acceptors (Lipinski definition) is 5. The number of rotatable bonds is 4. The van der Waals surface area contributed by atoms with Gasteiger partial charge in [0, 0.05) is 13.1 Å². The molecule has 0 unspecified atom stereocenters. The number of aliphatic hydroxyl groups is 1. The predicted octanol–water partition coefficient (Wildman–Crippen LogP) is 0.920. The average molecular weight is 276 g/mol. The van der Waals surface area contributed by atoms with Gasteiger partial charge in [0.05, 0.1) is 16.4 Å². The smallest absolute Gasteiger partial charge is 0.254 e. The van der Waals surface area contributed by atoms with E-state index in [-0.39, 0.29) is 11.5 Å². The zero-order valence-corrected chi connectivity index (χ0v) is 11.1. The van der Waals surface area contributed by atoms with E-state index in [9.17, 15) is 8.42 Å². The molecule has 0 radical (unpaired) electrons. The molecule has 0 spiro atoms. The Morgan fingerprint density at radius 1 is 1.35 bits per heavy atom. The highest BCUT2D eigenvalue weighted by Gasteiger charge is 2.23. The molecule has 1 fully saturated rings. The fraction of sp³-hybridized carbons (Fsp3) is 0.600. The van der Waals surface area contributed by atoms with Crippen LogP contribution in [-0.4, -0.2) is 31.6 Å². The standard InChI is InChI=1S/C10H16N2O3S2/c13-8-9-10(4-7-16-9)17(14,15)11-12-5-2-1-3-6-12/h4,7,11,13H,1-3,5-6,8H2. The molecule has 96 valence electrons. The van der Waals surface area contributed by atoms with Gasteiger partial charge in [-0.2, -0.15) is 0 Å². The molecule has 1 saturated heterocycles. The van der Waals surface area contributed by atoms with Crippen LogP contribution in [-0.2, 0) is 16.6 Å². The van der Waals surface area contributed by atoms with Gasteiger partial charge in [0.2, 0.25) is 0 Å². The fourth-order valence-electron chi connectivity index (χ4n) is 1.89. The lowest BCUT2D eigenvalue weighted by atomic mass is 10.2. The Balaban J connectivity index is 2.13. The van der Waals surface area contributed by atoms with Crippen molar-refractivity contribution in [2.45, 2.75) is 30.8 Å². The number of aliphatic hydroxyl groups excluding tert-OH is 1. The molecular formula is C10H16N2O3S2. The highest BCUT2D eigenvalue weighted by atomic mass is 32.2. The summed E-state index contributed by atoms with van der Waals surface area (Å²) in [5, 5.41) is 12.5. The van der Waals surface area contributed by atoms with E-state index in [1.165, 1.54) is 17.4 Å².